The third-order valence-electron chi connectivity index (χ3n) is 4.71. The molecule has 25 heavy (non-hydrogen) atoms. The number of hydrogen-bond donors (Lipinski definition) is 0. The van der Waals surface area contributed by atoms with Gasteiger partial charge in [-0.05, 0) is 49.6 Å². The molecule has 4 heteroatoms. The number of benzene rings is 2. The zero-order valence-corrected chi connectivity index (χ0v) is 15.0. The molecular weight excluding hydrogens is 312 g/mol. The average Bonchev–Trinajstić information content (AvgIpc) is 2.84. The first-order chi connectivity index (χ1) is 12.0. The topological polar surface area (TPSA) is 40.6 Å². The number of likely N-dealkylation sites (N-methyl/N-ethyl adjacent to an activating group) is 2. The van der Waals surface area contributed by atoms with Gasteiger partial charge in [0.2, 0.25) is 0 Å². The molecule has 0 spiro atoms. The molecular formula is C21H22N2O2. The summed E-state index contributed by atoms with van der Waals surface area (Å²) >= 11 is 0. The second-order valence-corrected chi connectivity index (χ2v) is 6.27. The quantitative estimate of drug-likeness (QED) is 0.803. The fourth-order valence-corrected chi connectivity index (χ4v) is 3.11. The Kier molecular flexibility index (Phi) is 4.45. The van der Waals surface area contributed by atoms with Crippen LogP contribution in [0, 0.1) is 13.8 Å². The number of rotatable bonds is 4. The van der Waals surface area contributed by atoms with Crippen molar-refractivity contribution in [2.24, 2.45) is 0 Å². The maximum absolute atomic E-state index is 12.8. The molecule has 0 bridgehead atoms. The van der Waals surface area contributed by atoms with Gasteiger partial charge in [-0.3, -0.25) is 14.5 Å². The normalized spacial score (nSPS) is 14.5. The second kappa shape index (κ2) is 6.55. The summed E-state index contributed by atoms with van der Waals surface area (Å²) in [5, 5.41) is 0. The lowest BCUT2D eigenvalue weighted by molar-refractivity contribution is -0.135. The number of carbonyl (C=O) groups excluding carboxylic acids is 2. The summed E-state index contributed by atoms with van der Waals surface area (Å²) < 4.78 is 0. The van der Waals surface area contributed by atoms with Crippen molar-refractivity contribution in [2.45, 2.75) is 20.8 Å². The summed E-state index contributed by atoms with van der Waals surface area (Å²) in [7, 11) is 1.54. The third kappa shape index (κ3) is 2.84. The Morgan fingerprint density at radius 2 is 1.60 bits per heavy atom. The van der Waals surface area contributed by atoms with Crippen LogP contribution in [0.25, 0.3) is 5.57 Å². The highest BCUT2D eigenvalue weighted by Crippen LogP contribution is 2.34. The number of imide groups is 1. The van der Waals surface area contributed by atoms with Crippen molar-refractivity contribution in [3.63, 3.8) is 0 Å². The zero-order valence-electron chi connectivity index (χ0n) is 15.0. The summed E-state index contributed by atoms with van der Waals surface area (Å²) in [6.07, 6.45) is 0. The number of anilines is 1. The smallest absolute Gasteiger partial charge is 0.277 e. The van der Waals surface area contributed by atoms with Gasteiger partial charge in [0.25, 0.3) is 11.8 Å². The minimum Gasteiger partial charge on any atom is -0.337 e. The van der Waals surface area contributed by atoms with Gasteiger partial charge in [0.1, 0.15) is 5.70 Å². The van der Waals surface area contributed by atoms with E-state index in [4.69, 9.17) is 0 Å². The summed E-state index contributed by atoms with van der Waals surface area (Å²) in [5.41, 5.74) is 4.87. The third-order valence-corrected chi connectivity index (χ3v) is 4.71. The molecule has 1 heterocycles. The minimum absolute atomic E-state index is 0.252. The Hall–Kier alpha value is -2.88. The predicted octanol–water partition coefficient (Wildman–Crippen LogP) is 3.54. The number of aryl methyl sites for hydroxylation is 2. The van der Waals surface area contributed by atoms with Gasteiger partial charge in [-0.2, -0.15) is 0 Å². The van der Waals surface area contributed by atoms with Crippen molar-refractivity contribution in [1.29, 1.82) is 0 Å². The van der Waals surface area contributed by atoms with Crippen LogP contribution in [0.2, 0.25) is 0 Å². The van der Waals surface area contributed by atoms with Crippen LogP contribution in [-0.2, 0) is 9.59 Å². The van der Waals surface area contributed by atoms with Crippen LogP contribution in [0.15, 0.2) is 54.2 Å². The van der Waals surface area contributed by atoms with Crippen molar-refractivity contribution in [1.82, 2.24) is 4.90 Å². The van der Waals surface area contributed by atoms with E-state index in [0.29, 0.717) is 17.8 Å². The van der Waals surface area contributed by atoms with Gasteiger partial charge in [0, 0.05) is 19.3 Å². The molecule has 0 N–H and O–H groups in total. The molecule has 0 radical (unpaired) electrons. The van der Waals surface area contributed by atoms with E-state index in [1.54, 1.807) is 0 Å². The van der Waals surface area contributed by atoms with Crippen LogP contribution in [0.3, 0.4) is 0 Å². The molecule has 0 saturated heterocycles. The molecule has 3 rings (SSSR count). The van der Waals surface area contributed by atoms with Gasteiger partial charge >= 0.3 is 0 Å². The zero-order chi connectivity index (χ0) is 18.1. The summed E-state index contributed by atoms with van der Waals surface area (Å²) in [4.78, 5) is 28.7. The Morgan fingerprint density at radius 1 is 0.920 bits per heavy atom. The first kappa shape index (κ1) is 17.0. The van der Waals surface area contributed by atoms with E-state index in [-0.39, 0.29) is 11.8 Å². The molecule has 0 aliphatic carbocycles. The molecule has 0 saturated carbocycles. The largest absolute Gasteiger partial charge is 0.337 e. The number of para-hydroxylation sites is 1. The molecule has 2 aromatic carbocycles. The molecule has 2 amide bonds. The first-order valence-corrected chi connectivity index (χ1v) is 8.42. The lowest BCUT2D eigenvalue weighted by Gasteiger charge is -2.24. The van der Waals surface area contributed by atoms with E-state index >= 15 is 0 Å². The van der Waals surface area contributed by atoms with Crippen LogP contribution in [0.4, 0.5) is 5.69 Å². The lowest BCUT2D eigenvalue weighted by atomic mass is 9.99. The van der Waals surface area contributed by atoms with Crippen molar-refractivity contribution in [2.75, 3.05) is 18.5 Å². The van der Waals surface area contributed by atoms with Gasteiger partial charge in [-0.15, -0.1) is 0 Å². The van der Waals surface area contributed by atoms with E-state index in [0.717, 1.165) is 22.4 Å². The van der Waals surface area contributed by atoms with Crippen molar-refractivity contribution >= 4 is 23.1 Å². The Labute approximate surface area is 148 Å². The van der Waals surface area contributed by atoms with E-state index in [2.05, 4.69) is 0 Å². The van der Waals surface area contributed by atoms with Crippen molar-refractivity contribution in [3.05, 3.63) is 70.9 Å². The van der Waals surface area contributed by atoms with Gasteiger partial charge in [-0.25, -0.2) is 0 Å². The molecule has 0 aromatic heterocycles. The summed E-state index contributed by atoms with van der Waals surface area (Å²) in [6, 6.07) is 15.6. The maximum atomic E-state index is 12.8. The van der Waals surface area contributed by atoms with Crippen molar-refractivity contribution < 1.29 is 9.59 Å². The fraction of sp³-hybridized carbons (Fsp3) is 0.238. The standard InChI is InChI=1S/C21H22N2O2/c1-5-23(17-9-7-6-8-10-17)19-18(20(24)22(4)21(19)25)16-12-11-14(2)15(3)13-16/h6-13H,5H2,1-4H3. The minimum atomic E-state index is -0.260. The Morgan fingerprint density at radius 3 is 2.20 bits per heavy atom. The number of carbonyl (C=O) groups is 2. The fourth-order valence-electron chi connectivity index (χ4n) is 3.11. The van der Waals surface area contributed by atoms with Crippen LogP contribution >= 0.6 is 0 Å². The van der Waals surface area contributed by atoms with Gasteiger partial charge < -0.3 is 4.90 Å². The van der Waals surface area contributed by atoms with Crippen LogP contribution in [-0.4, -0.2) is 30.3 Å². The van der Waals surface area contributed by atoms with Crippen LogP contribution in [0.1, 0.15) is 23.6 Å². The SMILES string of the molecule is CCN(C1=C(c2ccc(C)c(C)c2)C(=O)N(C)C1=O)c1ccccc1. The molecule has 0 unspecified atom stereocenters. The molecule has 128 valence electrons. The Balaban J connectivity index is 2.22. The van der Waals surface area contributed by atoms with Gasteiger partial charge in [0.05, 0.1) is 5.57 Å². The molecule has 0 atom stereocenters. The van der Waals surface area contributed by atoms with E-state index in [9.17, 15) is 9.59 Å². The highest BCUT2D eigenvalue weighted by molar-refractivity contribution is 6.36. The number of hydrogen-bond acceptors (Lipinski definition) is 3. The summed E-state index contributed by atoms with van der Waals surface area (Å²) in [6.45, 7) is 6.62. The van der Waals surface area contributed by atoms with E-state index in [1.165, 1.54) is 11.9 Å². The van der Waals surface area contributed by atoms with Gasteiger partial charge in [-0.1, -0.05) is 36.4 Å². The highest BCUT2D eigenvalue weighted by atomic mass is 16.2. The monoisotopic (exact) mass is 334 g/mol. The highest BCUT2D eigenvalue weighted by Gasteiger charge is 2.39. The molecule has 2 aromatic rings. The molecule has 4 nitrogen and oxygen atoms in total. The van der Waals surface area contributed by atoms with Crippen LogP contribution in [0.5, 0.6) is 0 Å². The second-order valence-electron chi connectivity index (χ2n) is 6.27. The lowest BCUT2D eigenvalue weighted by Crippen LogP contribution is -2.32. The average molecular weight is 334 g/mol. The van der Waals surface area contributed by atoms with Gasteiger partial charge in [0.15, 0.2) is 0 Å². The number of nitrogens with zero attached hydrogens (tertiary/aromatic N) is 2. The van der Waals surface area contributed by atoms with E-state index in [1.807, 2.05) is 74.2 Å². The van der Waals surface area contributed by atoms with Crippen LogP contribution < -0.4 is 4.90 Å². The summed E-state index contributed by atoms with van der Waals surface area (Å²) in [5.74, 6) is -0.512. The molecule has 1 aliphatic heterocycles. The maximum Gasteiger partial charge on any atom is 0.277 e. The number of amides is 2. The first-order valence-electron chi connectivity index (χ1n) is 8.42. The molecule has 1 aliphatic rings. The van der Waals surface area contributed by atoms with Crippen molar-refractivity contribution in [3.8, 4) is 0 Å². The predicted molar refractivity (Wildman–Crippen MR) is 100 cm³/mol. The Bertz CT molecular complexity index is 869. The molecule has 0 fully saturated rings. The van der Waals surface area contributed by atoms with E-state index < -0.39 is 0 Å².